The Balaban J connectivity index is 3.52. The average Bonchev–Trinajstić information content (AvgIpc) is 1.80. The molecule has 1 atom stereocenters. The van der Waals surface area contributed by atoms with Crippen LogP contribution < -0.4 is 5.73 Å². The molecule has 0 aliphatic carbocycles. The number of nitrogens with two attached hydrogens (primary N) is 1. The summed E-state index contributed by atoms with van der Waals surface area (Å²) in [6, 6.07) is 0. The summed E-state index contributed by atoms with van der Waals surface area (Å²) in [6.07, 6.45) is 1.30. The van der Waals surface area contributed by atoms with Crippen molar-refractivity contribution in [2.24, 2.45) is 5.73 Å². The quantitative estimate of drug-likeness (QED) is 0.404. The maximum Gasteiger partial charge on any atom is 0.495 e. The van der Waals surface area contributed by atoms with Crippen molar-refractivity contribution in [1.29, 1.82) is 0 Å². The van der Waals surface area contributed by atoms with Gasteiger partial charge in [0.2, 0.25) is 0 Å². The third-order valence-electron chi connectivity index (χ3n) is 1.50. The molecule has 4 nitrogen and oxygen atoms in total. The van der Waals surface area contributed by atoms with E-state index in [0.717, 1.165) is 6.42 Å². The fourth-order valence-electron chi connectivity index (χ4n) is 0.618. The van der Waals surface area contributed by atoms with Crippen LogP contribution in [0.5, 0.6) is 0 Å². The zero-order valence-corrected chi connectivity index (χ0v) is 7.12. The Morgan fingerprint density at radius 1 is 1.40 bits per heavy atom. The summed E-state index contributed by atoms with van der Waals surface area (Å²) in [5, 5.41) is 0. The normalized spacial score (nSPS) is 15.3. The first-order chi connectivity index (χ1) is 4.48. The molecular weight excluding hydrogens is 150 g/mol. The first-order valence-corrected chi connectivity index (χ1v) is 5.27. The minimum absolute atomic E-state index is 0.406. The Bertz CT molecular complexity index is 93.4. The molecule has 0 aromatic heterocycles. The Kier molecular flexibility index (Phi) is 4.07. The minimum atomic E-state index is -3.85. The fourth-order valence-corrected chi connectivity index (χ4v) is 1.21. The summed E-state index contributed by atoms with van der Waals surface area (Å²) in [4.78, 5) is 26.2. The van der Waals surface area contributed by atoms with Crippen LogP contribution in [-0.2, 0) is 0 Å². The van der Waals surface area contributed by atoms with Crippen LogP contribution in [0, 0.1) is 0 Å². The molecular formula is C5H15NO3Si. The molecule has 0 aliphatic heterocycles. The molecule has 0 amide bonds. The van der Waals surface area contributed by atoms with Crippen LogP contribution in [0.3, 0.4) is 0 Å². The standard InChI is InChI=1S/C5H15NO3Si/c1-5(3-2-4-6)10(7,8)9/h5,7-9H,2-4,6H2,1H3. The lowest BCUT2D eigenvalue weighted by atomic mass is 10.2. The molecule has 0 spiro atoms. The summed E-state index contributed by atoms with van der Waals surface area (Å²) in [5.41, 5.74) is 4.78. The zero-order chi connectivity index (χ0) is 8.20. The van der Waals surface area contributed by atoms with E-state index in [0.29, 0.717) is 13.0 Å². The van der Waals surface area contributed by atoms with Gasteiger partial charge in [0.1, 0.15) is 0 Å². The lowest BCUT2D eigenvalue weighted by Crippen LogP contribution is -2.39. The van der Waals surface area contributed by atoms with Gasteiger partial charge in [0, 0.05) is 5.54 Å². The van der Waals surface area contributed by atoms with E-state index in [4.69, 9.17) is 20.1 Å². The zero-order valence-electron chi connectivity index (χ0n) is 6.12. The highest BCUT2D eigenvalue weighted by Gasteiger charge is 2.34. The molecule has 5 heteroatoms. The topological polar surface area (TPSA) is 86.7 Å². The van der Waals surface area contributed by atoms with E-state index in [2.05, 4.69) is 0 Å². The van der Waals surface area contributed by atoms with Gasteiger partial charge in [-0.1, -0.05) is 6.92 Å². The Hall–Kier alpha value is 0.0569. The molecule has 0 aliphatic rings. The molecule has 0 aromatic carbocycles. The number of hydrogen-bond donors (Lipinski definition) is 4. The second kappa shape index (κ2) is 4.04. The van der Waals surface area contributed by atoms with E-state index in [9.17, 15) is 0 Å². The molecule has 0 saturated heterocycles. The Labute approximate surface area is 61.7 Å². The van der Waals surface area contributed by atoms with E-state index >= 15 is 0 Å². The van der Waals surface area contributed by atoms with Crippen molar-refractivity contribution in [3.63, 3.8) is 0 Å². The van der Waals surface area contributed by atoms with Crippen molar-refractivity contribution in [2.75, 3.05) is 6.54 Å². The van der Waals surface area contributed by atoms with Crippen LogP contribution in [0.15, 0.2) is 0 Å². The smallest absolute Gasteiger partial charge is 0.390 e. The molecule has 0 rings (SSSR count). The predicted molar refractivity (Wildman–Crippen MR) is 40.1 cm³/mol. The molecule has 0 radical (unpaired) electrons. The molecule has 0 bridgehead atoms. The molecule has 0 heterocycles. The lowest BCUT2D eigenvalue weighted by Gasteiger charge is -2.16. The highest BCUT2D eigenvalue weighted by Crippen LogP contribution is 2.18. The van der Waals surface area contributed by atoms with Crippen molar-refractivity contribution in [3.8, 4) is 0 Å². The van der Waals surface area contributed by atoms with Gasteiger partial charge in [0.25, 0.3) is 0 Å². The van der Waals surface area contributed by atoms with Crippen molar-refractivity contribution >= 4 is 8.80 Å². The van der Waals surface area contributed by atoms with Gasteiger partial charge >= 0.3 is 8.80 Å². The monoisotopic (exact) mass is 165 g/mol. The predicted octanol–water partition coefficient (Wildman–Crippen LogP) is -0.969. The molecule has 0 fully saturated rings. The van der Waals surface area contributed by atoms with Gasteiger partial charge in [-0.25, -0.2) is 0 Å². The van der Waals surface area contributed by atoms with Gasteiger partial charge in [-0.2, -0.15) is 0 Å². The van der Waals surface area contributed by atoms with Crippen LogP contribution >= 0.6 is 0 Å². The molecule has 0 aromatic rings. The van der Waals surface area contributed by atoms with Crippen molar-refractivity contribution < 1.29 is 14.4 Å². The van der Waals surface area contributed by atoms with Crippen LogP contribution in [0.1, 0.15) is 19.8 Å². The second-order valence-electron chi connectivity index (χ2n) is 2.52. The molecule has 62 valence electrons. The summed E-state index contributed by atoms with van der Waals surface area (Å²) in [7, 11) is -3.85. The van der Waals surface area contributed by atoms with Gasteiger partial charge in [-0.05, 0) is 19.4 Å². The van der Waals surface area contributed by atoms with Gasteiger partial charge in [0.15, 0.2) is 0 Å². The van der Waals surface area contributed by atoms with Gasteiger partial charge < -0.3 is 20.1 Å². The van der Waals surface area contributed by atoms with Gasteiger partial charge in [-0.15, -0.1) is 0 Å². The Morgan fingerprint density at radius 3 is 2.20 bits per heavy atom. The minimum Gasteiger partial charge on any atom is -0.390 e. The van der Waals surface area contributed by atoms with E-state index in [1.807, 2.05) is 0 Å². The Morgan fingerprint density at radius 2 is 1.90 bits per heavy atom. The van der Waals surface area contributed by atoms with E-state index < -0.39 is 14.3 Å². The van der Waals surface area contributed by atoms with Crippen LogP contribution in [-0.4, -0.2) is 29.7 Å². The van der Waals surface area contributed by atoms with Crippen molar-refractivity contribution in [1.82, 2.24) is 0 Å². The molecule has 5 N–H and O–H groups in total. The highest BCUT2D eigenvalue weighted by atomic mass is 28.4. The molecule has 10 heavy (non-hydrogen) atoms. The van der Waals surface area contributed by atoms with Crippen molar-refractivity contribution in [3.05, 3.63) is 0 Å². The third kappa shape index (κ3) is 3.97. The van der Waals surface area contributed by atoms with Crippen LogP contribution in [0.25, 0.3) is 0 Å². The van der Waals surface area contributed by atoms with Crippen molar-refractivity contribution in [2.45, 2.75) is 25.3 Å². The van der Waals surface area contributed by atoms with E-state index in [1.165, 1.54) is 0 Å². The van der Waals surface area contributed by atoms with Crippen LogP contribution in [0.4, 0.5) is 0 Å². The summed E-state index contributed by atoms with van der Waals surface area (Å²) in [6.45, 7) is 2.14. The SMILES string of the molecule is CC(CCCN)[Si](O)(O)O. The fraction of sp³-hybridized carbons (Fsp3) is 1.00. The summed E-state index contributed by atoms with van der Waals surface area (Å²) >= 11 is 0. The van der Waals surface area contributed by atoms with E-state index in [1.54, 1.807) is 6.92 Å². The largest absolute Gasteiger partial charge is 0.495 e. The highest BCUT2D eigenvalue weighted by molar-refractivity contribution is 6.57. The summed E-state index contributed by atoms with van der Waals surface area (Å²) < 4.78 is 0. The maximum atomic E-state index is 8.72. The maximum absolute atomic E-state index is 8.72. The number of rotatable bonds is 4. The van der Waals surface area contributed by atoms with Gasteiger partial charge in [0.05, 0.1) is 0 Å². The second-order valence-corrected chi connectivity index (χ2v) is 4.88. The summed E-state index contributed by atoms with van der Waals surface area (Å²) in [5.74, 6) is 0. The first-order valence-electron chi connectivity index (χ1n) is 3.35. The third-order valence-corrected chi connectivity index (χ3v) is 3.11. The lowest BCUT2D eigenvalue weighted by molar-refractivity contribution is 0.210. The number of hydrogen-bond acceptors (Lipinski definition) is 4. The first kappa shape index (κ1) is 10.1. The van der Waals surface area contributed by atoms with Crippen LogP contribution in [0.2, 0.25) is 5.54 Å². The van der Waals surface area contributed by atoms with Gasteiger partial charge in [-0.3, -0.25) is 0 Å². The average molecular weight is 165 g/mol. The molecule has 0 saturated carbocycles. The molecule has 1 unspecified atom stereocenters. The van der Waals surface area contributed by atoms with E-state index in [-0.39, 0.29) is 0 Å².